The van der Waals surface area contributed by atoms with Crippen LogP contribution in [0.1, 0.15) is 62.5 Å². The summed E-state index contributed by atoms with van der Waals surface area (Å²) in [5.74, 6) is 7.57. The van der Waals surface area contributed by atoms with Crippen LogP contribution >= 0.6 is 0 Å². The number of hydrogen-bond acceptors (Lipinski definition) is 4. The molecule has 0 spiro atoms. The SMILES string of the molecule is COc1ccc2c(c1)CC[C@@H]1[C@@H]2CC[C@@]2(C)[C@H]1CC[C@@]2(O)CC(=O)NN. The maximum absolute atomic E-state index is 11.9. The van der Waals surface area contributed by atoms with E-state index in [4.69, 9.17) is 10.6 Å². The Balaban J connectivity index is 1.62. The largest absolute Gasteiger partial charge is 0.497 e. The van der Waals surface area contributed by atoms with E-state index in [-0.39, 0.29) is 17.7 Å². The second-order valence-electron chi connectivity index (χ2n) is 8.75. The molecular weight excluding hydrogens is 328 g/mol. The van der Waals surface area contributed by atoms with Crippen molar-refractivity contribution in [2.45, 2.75) is 63.4 Å². The molecule has 0 radical (unpaired) electrons. The van der Waals surface area contributed by atoms with Gasteiger partial charge in [0.1, 0.15) is 5.75 Å². The number of hydrazine groups is 1. The molecule has 0 bridgehead atoms. The lowest BCUT2D eigenvalue weighted by Crippen LogP contribution is -2.53. The van der Waals surface area contributed by atoms with Crippen molar-refractivity contribution in [2.24, 2.45) is 23.1 Å². The zero-order valence-corrected chi connectivity index (χ0v) is 15.8. The first kappa shape index (κ1) is 17.8. The zero-order valence-electron chi connectivity index (χ0n) is 15.8. The molecule has 26 heavy (non-hydrogen) atoms. The molecule has 1 amide bonds. The lowest BCUT2D eigenvalue weighted by atomic mass is 9.53. The van der Waals surface area contributed by atoms with Crippen LogP contribution in [0.15, 0.2) is 18.2 Å². The van der Waals surface area contributed by atoms with Crippen LogP contribution in [0.2, 0.25) is 0 Å². The fourth-order valence-corrected chi connectivity index (χ4v) is 6.40. The summed E-state index contributed by atoms with van der Waals surface area (Å²) in [5, 5.41) is 11.4. The summed E-state index contributed by atoms with van der Waals surface area (Å²) in [5.41, 5.74) is 3.95. The fourth-order valence-electron chi connectivity index (χ4n) is 6.40. The van der Waals surface area contributed by atoms with Gasteiger partial charge in [-0.1, -0.05) is 13.0 Å². The molecule has 5 atom stereocenters. The lowest BCUT2D eigenvalue weighted by Gasteiger charge is -2.53. The average molecular weight is 358 g/mol. The molecular formula is C21H30N2O3. The highest BCUT2D eigenvalue weighted by Gasteiger charge is 2.61. The van der Waals surface area contributed by atoms with E-state index in [9.17, 15) is 9.90 Å². The number of carbonyl (C=O) groups excluding carboxylic acids is 1. The van der Waals surface area contributed by atoms with Crippen molar-refractivity contribution < 1.29 is 14.6 Å². The first-order valence-electron chi connectivity index (χ1n) is 9.80. The van der Waals surface area contributed by atoms with Crippen LogP contribution in [0.25, 0.3) is 0 Å². The molecule has 0 aliphatic heterocycles. The molecule has 3 aliphatic rings. The van der Waals surface area contributed by atoms with Gasteiger partial charge in [-0.2, -0.15) is 0 Å². The smallest absolute Gasteiger partial charge is 0.236 e. The Morgan fingerprint density at radius 3 is 2.88 bits per heavy atom. The summed E-state index contributed by atoms with van der Waals surface area (Å²) in [6.45, 7) is 2.20. The Morgan fingerprint density at radius 1 is 1.35 bits per heavy atom. The van der Waals surface area contributed by atoms with E-state index in [1.54, 1.807) is 7.11 Å². The van der Waals surface area contributed by atoms with Gasteiger partial charge in [0.25, 0.3) is 0 Å². The molecule has 0 aromatic heterocycles. The van der Waals surface area contributed by atoms with Crippen molar-refractivity contribution in [1.82, 2.24) is 5.43 Å². The van der Waals surface area contributed by atoms with Gasteiger partial charge < -0.3 is 9.84 Å². The third kappa shape index (κ3) is 2.48. The van der Waals surface area contributed by atoms with Crippen molar-refractivity contribution in [2.75, 3.05) is 7.11 Å². The average Bonchev–Trinajstić information content (AvgIpc) is 2.91. The van der Waals surface area contributed by atoms with E-state index >= 15 is 0 Å². The molecule has 0 saturated heterocycles. The van der Waals surface area contributed by atoms with Gasteiger partial charge in [0.05, 0.1) is 19.1 Å². The van der Waals surface area contributed by atoms with Crippen LogP contribution in [0.4, 0.5) is 0 Å². The molecule has 1 aromatic carbocycles. The quantitative estimate of drug-likeness (QED) is 0.441. The summed E-state index contributed by atoms with van der Waals surface area (Å²) in [6, 6.07) is 6.51. The number of nitrogens with two attached hydrogens (primary N) is 1. The third-order valence-electron chi connectivity index (χ3n) is 7.87. The predicted molar refractivity (Wildman–Crippen MR) is 99.5 cm³/mol. The maximum Gasteiger partial charge on any atom is 0.236 e. The number of amides is 1. The van der Waals surface area contributed by atoms with E-state index in [1.165, 1.54) is 11.1 Å². The highest BCUT2D eigenvalue weighted by Crippen LogP contribution is 2.65. The number of benzene rings is 1. The molecule has 142 valence electrons. The molecule has 4 rings (SSSR count). The molecule has 5 heteroatoms. The number of hydrogen-bond donors (Lipinski definition) is 3. The Morgan fingerprint density at radius 2 is 2.15 bits per heavy atom. The van der Waals surface area contributed by atoms with Gasteiger partial charge in [0.15, 0.2) is 0 Å². The summed E-state index contributed by atoms with van der Waals surface area (Å²) < 4.78 is 5.40. The topological polar surface area (TPSA) is 84.6 Å². The van der Waals surface area contributed by atoms with Crippen molar-refractivity contribution in [3.8, 4) is 5.75 Å². The van der Waals surface area contributed by atoms with Crippen LogP contribution in [0, 0.1) is 17.3 Å². The number of methoxy groups -OCH3 is 1. The number of fused-ring (bicyclic) bond motifs is 5. The lowest BCUT2D eigenvalue weighted by molar-refractivity contribution is -0.139. The molecule has 2 fully saturated rings. The van der Waals surface area contributed by atoms with Crippen LogP contribution < -0.4 is 16.0 Å². The first-order chi connectivity index (χ1) is 12.4. The fraction of sp³-hybridized carbons (Fsp3) is 0.667. The Kier molecular flexibility index (Phi) is 4.27. The van der Waals surface area contributed by atoms with Crippen LogP contribution in [0.5, 0.6) is 5.75 Å². The van der Waals surface area contributed by atoms with E-state index in [2.05, 4.69) is 30.5 Å². The molecule has 3 aliphatic carbocycles. The highest BCUT2D eigenvalue weighted by molar-refractivity contribution is 5.76. The summed E-state index contributed by atoms with van der Waals surface area (Å²) in [7, 11) is 1.72. The monoisotopic (exact) mass is 358 g/mol. The van der Waals surface area contributed by atoms with E-state index in [0.717, 1.165) is 37.9 Å². The minimum Gasteiger partial charge on any atom is -0.497 e. The molecule has 1 aromatic rings. The third-order valence-corrected chi connectivity index (χ3v) is 7.87. The summed E-state index contributed by atoms with van der Waals surface area (Å²) >= 11 is 0. The molecule has 2 saturated carbocycles. The van der Waals surface area contributed by atoms with E-state index < -0.39 is 5.60 Å². The van der Waals surface area contributed by atoms with Crippen LogP contribution in [0.3, 0.4) is 0 Å². The normalized spacial score (nSPS) is 38.1. The van der Waals surface area contributed by atoms with E-state index in [0.29, 0.717) is 24.2 Å². The minimum atomic E-state index is -0.938. The van der Waals surface area contributed by atoms with Gasteiger partial charge in [-0.3, -0.25) is 10.2 Å². The minimum absolute atomic E-state index is 0.113. The van der Waals surface area contributed by atoms with Crippen LogP contribution in [-0.4, -0.2) is 23.7 Å². The standard InChI is InChI=1S/C21H30N2O3/c1-20-9-7-16-15-6-4-14(26-2)11-13(15)3-5-17(16)18(20)8-10-21(20,25)12-19(24)23-22/h4,6,11,16-18,25H,3,5,7-10,12,22H2,1-2H3,(H,23,24)/t16-,17-,18+,20+,21-/m1/s1. The molecule has 4 N–H and O–H groups in total. The Bertz CT molecular complexity index is 721. The number of aliphatic hydroxyl groups is 1. The number of aryl methyl sites for hydroxylation is 1. The van der Waals surface area contributed by atoms with Crippen molar-refractivity contribution in [1.29, 1.82) is 0 Å². The van der Waals surface area contributed by atoms with Gasteiger partial charge >= 0.3 is 0 Å². The Hall–Kier alpha value is -1.59. The number of carbonyl (C=O) groups is 1. The van der Waals surface area contributed by atoms with Gasteiger partial charge in [-0.15, -0.1) is 0 Å². The second-order valence-corrected chi connectivity index (χ2v) is 8.75. The summed E-state index contributed by atoms with van der Waals surface area (Å²) in [4.78, 5) is 11.9. The highest BCUT2D eigenvalue weighted by atomic mass is 16.5. The van der Waals surface area contributed by atoms with E-state index in [1.807, 2.05) is 0 Å². The number of rotatable bonds is 3. The van der Waals surface area contributed by atoms with Crippen molar-refractivity contribution in [3.05, 3.63) is 29.3 Å². The maximum atomic E-state index is 11.9. The van der Waals surface area contributed by atoms with Crippen LogP contribution in [-0.2, 0) is 11.2 Å². The number of ether oxygens (including phenoxy) is 1. The van der Waals surface area contributed by atoms with Gasteiger partial charge in [0, 0.05) is 0 Å². The van der Waals surface area contributed by atoms with Crippen molar-refractivity contribution >= 4 is 5.91 Å². The molecule has 0 heterocycles. The Labute approximate surface area is 155 Å². The molecule has 5 nitrogen and oxygen atoms in total. The van der Waals surface area contributed by atoms with Crippen molar-refractivity contribution in [3.63, 3.8) is 0 Å². The zero-order chi connectivity index (χ0) is 18.5. The first-order valence-corrected chi connectivity index (χ1v) is 9.80. The number of nitrogens with one attached hydrogen (secondary N) is 1. The predicted octanol–water partition coefficient (Wildman–Crippen LogP) is 2.66. The van der Waals surface area contributed by atoms with Gasteiger partial charge in [-0.05, 0) is 85.0 Å². The second kappa shape index (κ2) is 6.24. The summed E-state index contributed by atoms with van der Waals surface area (Å²) in [6.07, 6.45) is 6.06. The van der Waals surface area contributed by atoms with Gasteiger partial charge in [-0.25, -0.2) is 5.84 Å². The van der Waals surface area contributed by atoms with Gasteiger partial charge in [0.2, 0.25) is 5.91 Å². The molecule has 0 unspecified atom stereocenters.